The number of carbonyl (C=O) groups is 3. The molecule has 2 N–H and O–H groups in total. The number of rotatable bonds is 9. The summed E-state index contributed by atoms with van der Waals surface area (Å²) in [7, 11) is 0. The van der Waals surface area contributed by atoms with Crippen LogP contribution in [0.15, 0.2) is 59.1 Å². The monoisotopic (exact) mass is 457 g/mol. The first-order chi connectivity index (χ1) is 15.4. The van der Waals surface area contributed by atoms with E-state index >= 15 is 0 Å². The van der Waals surface area contributed by atoms with E-state index in [1.165, 1.54) is 6.07 Å². The first-order valence-corrected chi connectivity index (χ1v) is 9.97. The van der Waals surface area contributed by atoms with Crippen LogP contribution in [-0.2, 0) is 19.1 Å². The average molecular weight is 458 g/mol. The van der Waals surface area contributed by atoms with E-state index in [2.05, 4.69) is 15.8 Å². The van der Waals surface area contributed by atoms with Gasteiger partial charge < -0.3 is 24.6 Å². The van der Waals surface area contributed by atoms with Crippen LogP contribution >= 0.6 is 11.6 Å². The van der Waals surface area contributed by atoms with E-state index in [9.17, 15) is 14.4 Å². The maximum absolute atomic E-state index is 12.0. The number of hydrogen-bond donors (Lipinski definition) is 2. The maximum Gasteiger partial charge on any atom is 0.306 e. The van der Waals surface area contributed by atoms with Crippen LogP contribution in [-0.4, -0.2) is 29.5 Å². The van der Waals surface area contributed by atoms with Crippen molar-refractivity contribution >= 4 is 40.9 Å². The van der Waals surface area contributed by atoms with E-state index in [0.29, 0.717) is 28.0 Å². The van der Waals surface area contributed by atoms with Crippen molar-refractivity contribution in [3.8, 4) is 11.5 Å². The summed E-state index contributed by atoms with van der Waals surface area (Å²) in [6, 6.07) is 15.2. The van der Waals surface area contributed by atoms with Crippen LogP contribution in [0.3, 0.4) is 0 Å². The standard InChI is InChI=1S/C22H20ClN3O6/c1-14-12-19(26-32-14)25-21(28)13-30-22(29)11-10-20(27)24-16-4-8-18(9-5-16)31-17-6-2-15(23)3-7-17/h2-9,12H,10-11,13H2,1H3,(H,24,27)(H,25,26,28). The van der Waals surface area contributed by atoms with Crippen LogP contribution in [0.25, 0.3) is 0 Å². The molecular weight excluding hydrogens is 438 g/mol. The molecule has 1 aromatic heterocycles. The molecule has 0 radical (unpaired) electrons. The summed E-state index contributed by atoms with van der Waals surface area (Å²) < 4.78 is 15.3. The number of nitrogens with zero attached hydrogens (tertiary/aromatic N) is 1. The van der Waals surface area contributed by atoms with E-state index in [1.807, 2.05) is 0 Å². The lowest BCUT2D eigenvalue weighted by Gasteiger charge is -2.08. The number of esters is 1. The predicted molar refractivity (Wildman–Crippen MR) is 117 cm³/mol. The first-order valence-electron chi connectivity index (χ1n) is 9.59. The number of carbonyl (C=O) groups excluding carboxylic acids is 3. The highest BCUT2D eigenvalue weighted by molar-refractivity contribution is 6.30. The average Bonchev–Trinajstić information content (AvgIpc) is 3.18. The van der Waals surface area contributed by atoms with Crippen molar-refractivity contribution in [1.29, 1.82) is 0 Å². The van der Waals surface area contributed by atoms with Gasteiger partial charge in [0.1, 0.15) is 17.3 Å². The Morgan fingerprint density at radius 3 is 2.22 bits per heavy atom. The van der Waals surface area contributed by atoms with Gasteiger partial charge in [-0.2, -0.15) is 0 Å². The fourth-order valence-electron chi connectivity index (χ4n) is 2.51. The Hall–Kier alpha value is -3.85. The van der Waals surface area contributed by atoms with Crippen molar-refractivity contribution in [3.63, 3.8) is 0 Å². The van der Waals surface area contributed by atoms with E-state index in [4.69, 9.17) is 25.6 Å². The van der Waals surface area contributed by atoms with Crippen LogP contribution in [0.4, 0.5) is 11.5 Å². The minimum Gasteiger partial charge on any atom is -0.457 e. The molecule has 166 valence electrons. The topological polar surface area (TPSA) is 120 Å². The van der Waals surface area contributed by atoms with Crippen molar-refractivity contribution < 1.29 is 28.4 Å². The summed E-state index contributed by atoms with van der Waals surface area (Å²) in [5.41, 5.74) is 0.550. The number of anilines is 2. The summed E-state index contributed by atoms with van der Waals surface area (Å²) in [5.74, 6) is 0.396. The van der Waals surface area contributed by atoms with E-state index in [1.54, 1.807) is 55.5 Å². The zero-order chi connectivity index (χ0) is 22.9. The summed E-state index contributed by atoms with van der Waals surface area (Å²) in [6.45, 7) is 1.19. The van der Waals surface area contributed by atoms with Crippen LogP contribution in [0.2, 0.25) is 5.02 Å². The molecule has 2 aromatic carbocycles. The fraction of sp³-hybridized carbons (Fsp3) is 0.182. The number of hydrogen-bond acceptors (Lipinski definition) is 7. The Labute approximate surface area is 188 Å². The molecule has 0 aliphatic carbocycles. The molecule has 1 heterocycles. The van der Waals surface area contributed by atoms with Gasteiger partial charge >= 0.3 is 5.97 Å². The molecule has 10 heteroatoms. The fourth-order valence-corrected chi connectivity index (χ4v) is 2.63. The Kier molecular flexibility index (Phi) is 7.82. The molecule has 32 heavy (non-hydrogen) atoms. The number of ether oxygens (including phenoxy) is 2. The molecule has 0 fully saturated rings. The summed E-state index contributed by atoms with van der Waals surface area (Å²) >= 11 is 5.84. The highest BCUT2D eigenvalue weighted by atomic mass is 35.5. The second-order valence-corrected chi connectivity index (χ2v) is 7.10. The normalized spacial score (nSPS) is 10.3. The second kappa shape index (κ2) is 11.0. The Balaban J connectivity index is 1.36. The Bertz CT molecular complexity index is 1080. The van der Waals surface area contributed by atoms with Gasteiger partial charge in [0.25, 0.3) is 5.91 Å². The third-order valence-corrected chi connectivity index (χ3v) is 4.26. The number of aryl methyl sites for hydroxylation is 1. The van der Waals surface area contributed by atoms with Gasteiger partial charge in [0.05, 0.1) is 6.42 Å². The predicted octanol–water partition coefficient (Wildman–Crippen LogP) is 4.33. The van der Waals surface area contributed by atoms with Gasteiger partial charge in [0, 0.05) is 23.2 Å². The quantitative estimate of drug-likeness (QED) is 0.459. The van der Waals surface area contributed by atoms with Crippen molar-refractivity contribution in [3.05, 3.63) is 65.4 Å². The number of aromatic nitrogens is 1. The molecule has 0 atom stereocenters. The van der Waals surface area contributed by atoms with Crippen LogP contribution in [0, 0.1) is 6.92 Å². The van der Waals surface area contributed by atoms with Crippen LogP contribution in [0.5, 0.6) is 11.5 Å². The van der Waals surface area contributed by atoms with Crippen LogP contribution < -0.4 is 15.4 Å². The van der Waals surface area contributed by atoms with Crippen molar-refractivity contribution in [1.82, 2.24) is 5.16 Å². The minimum atomic E-state index is -0.668. The number of halogens is 1. The molecule has 0 unspecified atom stereocenters. The molecule has 0 aliphatic heterocycles. The molecular formula is C22H20ClN3O6. The highest BCUT2D eigenvalue weighted by Crippen LogP contribution is 2.24. The molecule has 2 amide bonds. The molecule has 0 saturated carbocycles. The lowest BCUT2D eigenvalue weighted by Crippen LogP contribution is -2.21. The largest absolute Gasteiger partial charge is 0.457 e. The van der Waals surface area contributed by atoms with Gasteiger partial charge in [0.15, 0.2) is 12.4 Å². The zero-order valence-electron chi connectivity index (χ0n) is 17.1. The Morgan fingerprint density at radius 2 is 1.59 bits per heavy atom. The SMILES string of the molecule is Cc1cc(NC(=O)COC(=O)CCC(=O)Nc2ccc(Oc3ccc(Cl)cc3)cc2)no1. The third-order valence-electron chi connectivity index (χ3n) is 4.00. The number of benzene rings is 2. The second-order valence-electron chi connectivity index (χ2n) is 6.66. The van der Waals surface area contributed by atoms with Crippen LogP contribution in [0.1, 0.15) is 18.6 Å². The minimum absolute atomic E-state index is 0.0913. The summed E-state index contributed by atoms with van der Waals surface area (Å²) in [4.78, 5) is 35.5. The van der Waals surface area contributed by atoms with Gasteiger partial charge in [-0.15, -0.1) is 0 Å². The lowest BCUT2D eigenvalue weighted by atomic mass is 10.2. The first kappa shape index (κ1) is 22.8. The maximum atomic E-state index is 12.0. The van der Waals surface area contributed by atoms with E-state index in [-0.39, 0.29) is 24.6 Å². The molecule has 0 bridgehead atoms. The molecule has 0 aliphatic rings. The lowest BCUT2D eigenvalue weighted by molar-refractivity contribution is -0.147. The van der Waals surface area contributed by atoms with Gasteiger partial charge in [-0.1, -0.05) is 16.8 Å². The molecule has 0 spiro atoms. The smallest absolute Gasteiger partial charge is 0.306 e. The van der Waals surface area contributed by atoms with E-state index < -0.39 is 18.5 Å². The van der Waals surface area contributed by atoms with Gasteiger partial charge in [-0.05, 0) is 55.5 Å². The highest BCUT2D eigenvalue weighted by Gasteiger charge is 2.12. The number of amides is 2. The van der Waals surface area contributed by atoms with Crippen molar-refractivity contribution in [2.24, 2.45) is 0 Å². The summed E-state index contributed by atoms with van der Waals surface area (Å²) in [6.07, 6.45) is -0.258. The van der Waals surface area contributed by atoms with Gasteiger partial charge in [0.2, 0.25) is 5.91 Å². The van der Waals surface area contributed by atoms with Gasteiger partial charge in [-0.3, -0.25) is 14.4 Å². The van der Waals surface area contributed by atoms with Gasteiger partial charge in [-0.25, -0.2) is 0 Å². The van der Waals surface area contributed by atoms with Crippen molar-refractivity contribution in [2.45, 2.75) is 19.8 Å². The number of nitrogens with one attached hydrogen (secondary N) is 2. The Morgan fingerprint density at radius 1 is 0.938 bits per heavy atom. The molecule has 3 rings (SSSR count). The zero-order valence-corrected chi connectivity index (χ0v) is 17.8. The van der Waals surface area contributed by atoms with E-state index in [0.717, 1.165) is 0 Å². The third kappa shape index (κ3) is 7.44. The molecule has 0 saturated heterocycles. The van der Waals surface area contributed by atoms with Crippen molar-refractivity contribution in [2.75, 3.05) is 17.2 Å². The summed E-state index contributed by atoms with van der Waals surface area (Å²) in [5, 5.41) is 9.31. The molecule has 3 aromatic rings. The molecule has 9 nitrogen and oxygen atoms in total.